The van der Waals surface area contributed by atoms with Gasteiger partial charge in [0.05, 0.1) is 19.2 Å². The molecule has 10 heteroatoms. The summed E-state index contributed by atoms with van der Waals surface area (Å²) in [6.07, 6.45) is 1.69. The average Bonchev–Trinajstić information content (AvgIpc) is 2.86. The van der Waals surface area contributed by atoms with Crippen LogP contribution in [0, 0.1) is 14.3 Å². The lowest BCUT2D eigenvalue weighted by atomic mass is 10.2. The first-order valence-electron chi connectivity index (χ1n) is 6.84. The van der Waals surface area contributed by atoms with Crippen LogP contribution in [0.4, 0.5) is 4.79 Å². The lowest BCUT2D eigenvalue weighted by Crippen LogP contribution is -2.17. The molecular weight excluding hydrogens is 810 g/mol. The van der Waals surface area contributed by atoms with E-state index in [-0.39, 0.29) is 16.9 Å². The van der Waals surface area contributed by atoms with Crippen LogP contribution in [0.15, 0.2) is 29.2 Å². The molecule has 1 aliphatic heterocycles. The van der Waals surface area contributed by atoms with Gasteiger partial charge in [0, 0.05) is 0 Å². The minimum Gasteiger partial charge on any atom is -0.506 e. The molecule has 0 spiro atoms. The van der Waals surface area contributed by atoms with E-state index in [1.165, 1.54) is 0 Å². The fourth-order valence-electron chi connectivity index (χ4n) is 2.05. The van der Waals surface area contributed by atoms with Gasteiger partial charge in [-0.25, -0.2) is 0 Å². The maximum atomic E-state index is 11.7. The molecule has 0 atom stereocenters. The van der Waals surface area contributed by atoms with Gasteiger partial charge in [-0.15, -0.1) is 0 Å². The smallest absolute Gasteiger partial charge is 0.290 e. The van der Waals surface area contributed by atoms with E-state index >= 15 is 0 Å². The van der Waals surface area contributed by atoms with Gasteiger partial charge in [0.2, 0.25) is 0 Å². The van der Waals surface area contributed by atoms with Crippen molar-refractivity contribution in [1.29, 1.82) is 0 Å². The van der Waals surface area contributed by atoms with Gasteiger partial charge in [-0.3, -0.25) is 14.9 Å². The fraction of sp³-hybridized carbons (Fsp3) is 0. The summed E-state index contributed by atoms with van der Waals surface area (Å²) in [5.41, 5.74) is 0.813. The molecule has 2 aromatic carbocycles. The highest BCUT2D eigenvalue weighted by molar-refractivity contribution is 14.1. The second kappa shape index (κ2) is 8.69. The highest BCUT2D eigenvalue weighted by Gasteiger charge is 2.25. The first-order valence-corrected chi connectivity index (χ1v) is 12.0. The van der Waals surface area contributed by atoms with Crippen molar-refractivity contribution in [1.82, 2.24) is 5.32 Å². The number of benzene rings is 2. The Morgan fingerprint density at radius 3 is 2.04 bits per heavy atom. The molecule has 2 amide bonds. The maximum Gasteiger partial charge on any atom is 0.290 e. The molecule has 2 N–H and O–H groups in total. The van der Waals surface area contributed by atoms with Gasteiger partial charge in [0.15, 0.2) is 5.75 Å². The van der Waals surface area contributed by atoms with Crippen molar-refractivity contribution in [3.63, 3.8) is 0 Å². The van der Waals surface area contributed by atoms with E-state index in [9.17, 15) is 14.7 Å². The van der Waals surface area contributed by atoms with Crippen LogP contribution in [0.5, 0.6) is 17.2 Å². The molecule has 1 aliphatic rings. The van der Waals surface area contributed by atoms with Crippen molar-refractivity contribution in [3.8, 4) is 17.2 Å². The van der Waals surface area contributed by atoms with Crippen LogP contribution in [0.1, 0.15) is 5.56 Å². The molecule has 0 aliphatic carbocycles. The lowest BCUT2D eigenvalue weighted by molar-refractivity contribution is -0.115. The minimum absolute atomic E-state index is 0.242. The third-order valence-corrected chi connectivity index (χ3v) is 7.23. The van der Waals surface area contributed by atoms with Crippen molar-refractivity contribution >= 4 is 119 Å². The van der Waals surface area contributed by atoms with E-state index in [2.05, 4.69) is 95.7 Å². The van der Waals surface area contributed by atoms with Gasteiger partial charge in [-0.05, 0) is 138 Å². The first-order chi connectivity index (χ1) is 12.2. The van der Waals surface area contributed by atoms with Crippen LogP contribution in [-0.4, -0.2) is 16.3 Å². The summed E-state index contributed by atoms with van der Waals surface area (Å²) in [5, 5.41) is 11.8. The molecule has 0 unspecified atom stereocenters. The lowest BCUT2D eigenvalue weighted by Gasteiger charge is -2.12. The molecule has 0 radical (unpaired) electrons. The van der Waals surface area contributed by atoms with E-state index in [0.29, 0.717) is 23.5 Å². The second-order valence-corrected chi connectivity index (χ2v) is 10.7. The molecule has 1 fully saturated rings. The molecule has 0 saturated carbocycles. The number of phenolic OH excluding ortho intramolecular Hbond substituents is 1. The molecule has 3 rings (SSSR count). The SMILES string of the molecule is O=C1NC(=O)/C(=C/c2cc(I)c(Oc3cc(I)c(O)c(I)c3)c(I)c2)S1. The third-order valence-electron chi connectivity index (χ3n) is 3.17. The van der Waals surface area contributed by atoms with Gasteiger partial charge in [-0.1, -0.05) is 0 Å². The Labute approximate surface area is 207 Å². The number of ether oxygens (including phenoxy) is 1. The molecular formula is C16H7I4NO4S. The zero-order chi connectivity index (χ0) is 19.0. The zero-order valence-corrected chi connectivity index (χ0v) is 21.9. The number of thioether (sulfide) groups is 1. The average molecular weight is 817 g/mol. The Bertz CT molecular complexity index is 931. The Morgan fingerprint density at radius 2 is 1.54 bits per heavy atom. The van der Waals surface area contributed by atoms with Gasteiger partial charge in [-0.2, -0.15) is 0 Å². The molecule has 26 heavy (non-hydrogen) atoms. The van der Waals surface area contributed by atoms with Crippen LogP contribution >= 0.6 is 102 Å². The number of halogens is 4. The summed E-state index contributed by atoms with van der Waals surface area (Å²) in [4.78, 5) is 23.3. The Hall–Kier alpha value is 0.190. The fourth-order valence-corrected chi connectivity index (χ4v) is 6.48. The summed E-state index contributed by atoms with van der Waals surface area (Å²) >= 11 is 9.35. The van der Waals surface area contributed by atoms with Crippen molar-refractivity contribution in [2.24, 2.45) is 0 Å². The number of imide groups is 1. The van der Waals surface area contributed by atoms with E-state index in [0.717, 1.165) is 24.5 Å². The van der Waals surface area contributed by atoms with E-state index in [1.807, 2.05) is 12.1 Å². The number of aromatic hydroxyl groups is 1. The van der Waals surface area contributed by atoms with Gasteiger partial charge in [0.1, 0.15) is 11.5 Å². The number of amides is 2. The normalized spacial score (nSPS) is 15.5. The number of phenols is 1. The Balaban J connectivity index is 1.92. The first kappa shape index (κ1) is 20.9. The summed E-state index contributed by atoms with van der Waals surface area (Å²) in [5.74, 6) is 1.20. The number of hydrogen-bond donors (Lipinski definition) is 2. The molecule has 1 heterocycles. The van der Waals surface area contributed by atoms with Crippen LogP contribution in [-0.2, 0) is 4.79 Å². The standard InChI is InChI=1S/C16H7I4NO4S/c17-8-4-7(5-9(18)13(8)22)25-14-10(19)1-6(2-11(14)20)3-12-15(23)21-16(24)26-12/h1-5,22H,(H,21,23,24)/b12-3-. The van der Waals surface area contributed by atoms with Crippen molar-refractivity contribution in [3.05, 3.63) is 49.0 Å². The van der Waals surface area contributed by atoms with E-state index < -0.39 is 0 Å². The zero-order valence-electron chi connectivity index (χ0n) is 12.5. The quantitative estimate of drug-likeness (QED) is 0.297. The predicted molar refractivity (Wildman–Crippen MR) is 135 cm³/mol. The predicted octanol–water partition coefficient (Wildman–Crippen LogP) is 5.93. The van der Waals surface area contributed by atoms with Gasteiger partial charge >= 0.3 is 0 Å². The Morgan fingerprint density at radius 1 is 0.962 bits per heavy atom. The van der Waals surface area contributed by atoms with Crippen LogP contribution in [0.3, 0.4) is 0 Å². The molecule has 0 aromatic heterocycles. The molecule has 0 bridgehead atoms. The number of carbonyl (C=O) groups excluding carboxylic acids is 2. The van der Waals surface area contributed by atoms with Crippen molar-refractivity contribution < 1.29 is 19.4 Å². The van der Waals surface area contributed by atoms with Crippen LogP contribution < -0.4 is 10.1 Å². The largest absolute Gasteiger partial charge is 0.506 e. The van der Waals surface area contributed by atoms with Crippen LogP contribution in [0.25, 0.3) is 6.08 Å². The van der Waals surface area contributed by atoms with Crippen molar-refractivity contribution in [2.75, 3.05) is 0 Å². The van der Waals surface area contributed by atoms with E-state index in [1.54, 1.807) is 18.2 Å². The molecule has 2 aromatic rings. The summed E-state index contributed by atoms with van der Waals surface area (Å²) in [6.45, 7) is 0. The van der Waals surface area contributed by atoms with Crippen molar-refractivity contribution in [2.45, 2.75) is 0 Å². The highest BCUT2D eigenvalue weighted by Crippen LogP contribution is 2.37. The van der Waals surface area contributed by atoms with Gasteiger partial charge < -0.3 is 9.84 Å². The third kappa shape index (κ3) is 4.78. The van der Waals surface area contributed by atoms with E-state index in [4.69, 9.17) is 4.74 Å². The summed E-state index contributed by atoms with van der Waals surface area (Å²) < 4.78 is 9.19. The number of hydrogen-bond acceptors (Lipinski definition) is 5. The molecule has 1 saturated heterocycles. The Kier molecular flexibility index (Phi) is 6.99. The topological polar surface area (TPSA) is 75.6 Å². The molecule has 5 nitrogen and oxygen atoms in total. The maximum absolute atomic E-state index is 11.7. The van der Waals surface area contributed by atoms with Gasteiger partial charge in [0.25, 0.3) is 11.1 Å². The monoisotopic (exact) mass is 817 g/mol. The second-order valence-electron chi connectivity index (χ2n) is 5.00. The summed E-state index contributed by atoms with van der Waals surface area (Å²) in [6, 6.07) is 7.31. The number of carbonyl (C=O) groups is 2. The number of nitrogens with one attached hydrogen (secondary N) is 1. The minimum atomic E-state index is -0.376. The summed E-state index contributed by atoms with van der Waals surface area (Å²) in [7, 11) is 0. The molecule has 134 valence electrons. The number of rotatable bonds is 3. The highest BCUT2D eigenvalue weighted by atomic mass is 127. The van der Waals surface area contributed by atoms with Crippen LogP contribution in [0.2, 0.25) is 0 Å².